The molecule has 1 N–H and O–H groups in total. The van der Waals surface area contributed by atoms with Gasteiger partial charge in [0.25, 0.3) is 0 Å². The molecule has 6 heteroatoms. The highest BCUT2D eigenvalue weighted by molar-refractivity contribution is 7.90. The fourth-order valence-corrected chi connectivity index (χ4v) is 2.88. The first-order valence-electron chi connectivity index (χ1n) is 5.99. The summed E-state index contributed by atoms with van der Waals surface area (Å²) >= 11 is 0. The molecule has 4 nitrogen and oxygen atoms in total. The normalized spacial score (nSPS) is 13.8. The van der Waals surface area contributed by atoms with Crippen molar-refractivity contribution in [3.63, 3.8) is 0 Å². The molecular formula is C13H16FNO3S. The molecule has 1 heterocycles. The molecule has 104 valence electrons. The molecule has 0 saturated heterocycles. The zero-order valence-electron chi connectivity index (χ0n) is 10.8. The molecule has 0 saturated carbocycles. The van der Waals surface area contributed by atoms with Crippen molar-refractivity contribution in [3.05, 3.63) is 35.8 Å². The fourth-order valence-electron chi connectivity index (χ4n) is 2.00. The maximum absolute atomic E-state index is 13.1. The minimum atomic E-state index is -3.14. The molecule has 2 aromatic rings. The number of hydrogen-bond donors (Lipinski definition) is 1. The van der Waals surface area contributed by atoms with Gasteiger partial charge in [0.15, 0.2) is 0 Å². The maximum atomic E-state index is 13.1. The summed E-state index contributed by atoms with van der Waals surface area (Å²) in [5, 5.41) is 3.70. The van der Waals surface area contributed by atoms with Gasteiger partial charge in [0.2, 0.25) is 0 Å². The van der Waals surface area contributed by atoms with Gasteiger partial charge in [-0.3, -0.25) is 0 Å². The van der Waals surface area contributed by atoms with Crippen LogP contribution in [0.15, 0.2) is 28.7 Å². The Bertz CT molecular complexity index is 678. The van der Waals surface area contributed by atoms with Gasteiger partial charge in [-0.1, -0.05) is 6.92 Å². The van der Waals surface area contributed by atoms with E-state index in [1.165, 1.54) is 24.5 Å². The molecule has 1 aromatic heterocycles. The van der Waals surface area contributed by atoms with Crippen molar-refractivity contribution in [2.24, 2.45) is 0 Å². The summed E-state index contributed by atoms with van der Waals surface area (Å²) in [5.41, 5.74) is 0.549. The number of sulfone groups is 1. The average Bonchev–Trinajstić information content (AvgIpc) is 2.69. The highest BCUT2D eigenvalue weighted by atomic mass is 32.2. The van der Waals surface area contributed by atoms with Crippen LogP contribution in [0, 0.1) is 5.82 Å². The summed E-state index contributed by atoms with van der Waals surface area (Å²) in [6.07, 6.45) is 1.18. The third-order valence-corrected chi connectivity index (χ3v) is 3.70. The van der Waals surface area contributed by atoms with Crippen molar-refractivity contribution < 1.29 is 17.2 Å². The van der Waals surface area contributed by atoms with Crippen molar-refractivity contribution in [2.75, 3.05) is 18.6 Å². The van der Waals surface area contributed by atoms with E-state index in [4.69, 9.17) is 4.42 Å². The molecule has 0 spiro atoms. The molecule has 0 fully saturated rings. The van der Waals surface area contributed by atoms with E-state index < -0.39 is 15.9 Å². The first-order valence-corrected chi connectivity index (χ1v) is 8.05. The number of benzene rings is 1. The summed E-state index contributed by atoms with van der Waals surface area (Å²) in [4.78, 5) is 0. The van der Waals surface area contributed by atoms with Crippen molar-refractivity contribution in [3.8, 4) is 0 Å². The predicted molar refractivity (Wildman–Crippen MR) is 72.3 cm³/mol. The Labute approximate surface area is 111 Å². The van der Waals surface area contributed by atoms with Crippen LogP contribution in [0.25, 0.3) is 11.0 Å². The van der Waals surface area contributed by atoms with Crippen molar-refractivity contribution >= 4 is 20.8 Å². The Morgan fingerprint density at radius 2 is 2.11 bits per heavy atom. The van der Waals surface area contributed by atoms with Crippen LogP contribution in [0.3, 0.4) is 0 Å². The quantitative estimate of drug-likeness (QED) is 0.915. The standard InChI is InChI=1S/C13H16FNO3S/c1-3-15-11(8-19(2,16)17)13-7-9-6-10(14)4-5-12(9)18-13/h4-7,11,15H,3,8H2,1-2H3. The Hall–Kier alpha value is -1.40. The third kappa shape index (κ3) is 3.54. The Morgan fingerprint density at radius 1 is 1.37 bits per heavy atom. The Balaban J connectivity index is 2.38. The molecule has 0 aliphatic rings. The number of nitrogens with one attached hydrogen (secondary N) is 1. The monoisotopic (exact) mass is 285 g/mol. The Kier molecular flexibility index (Phi) is 3.91. The van der Waals surface area contributed by atoms with Gasteiger partial charge in [0.1, 0.15) is 27.0 Å². The first-order chi connectivity index (χ1) is 8.89. The highest BCUT2D eigenvalue weighted by Gasteiger charge is 2.20. The lowest BCUT2D eigenvalue weighted by Crippen LogP contribution is -2.27. The number of fused-ring (bicyclic) bond motifs is 1. The number of hydrogen-bond acceptors (Lipinski definition) is 4. The molecule has 0 radical (unpaired) electrons. The molecule has 1 unspecified atom stereocenters. The van der Waals surface area contributed by atoms with Crippen LogP contribution in [-0.2, 0) is 9.84 Å². The van der Waals surface area contributed by atoms with Crippen LogP contribution in [0.5, 0.6) is 0 Å². The van der Waals surface area contributed by atoms with Crippen LogP contribution in [0.2, 0.25) is 0 Å². The fraction of sp³-hybridized carbons (Fsp3) is 0.385. The lowest BCUT2D eigenvalue weighted by molar-refractivity contribution is 0.457. The summed E-state index contributed by atoms with van der Waals surface area (Å²) in [7, 11) is -3.14. The van der Waals surface area contributed by atoms with Crippen LogP contribution < -0.4 is 5.32 Å². The van der Waals surface area contributed by atoms with Crippen LogP contribution in [0.1, 0.15) is 18.7 Å². The van der Waals surface area contributed by atoms with Gasteiger partial charge in [-0.05, 0) is 30.8 Å². The molecule has 0 bridgehead atoms. The lowest BCUT2D eigenvalue weighted by atomic mass is 10.2. The van der Waals surface area contributed by atoms with Gasteiger partial charge in [-0.2, -0.15) is 0 Å². The minimum absolute atomic E-state index is 0.0524. The number of rotatable bonds is 5. The highest BCUT2D eigenvalue weighted by Crippen LogP contribution is 2.25. The summed E-state index contributed by atoms with van der Waals surface area (Å²) in [5.74, 6) is 0.110. The van der Waals surface area contributed by atoms with Gasteiger partial charge in [-0.25, -0.2) is 12.8 Å². The lowest BCUT2D eigenvalue weighted by Gasteiger charge is -2.13. The molecular weight excluding hydrogens is 269 g/mol. The largest absolute Gasteiger partial charge is 0.459 e. The van der Waals surface area contributed by atoms with Crippen LogP contribution in [-0.4, -0.2) is 27.0 Å². The summed E-state index contributed by atoms with van der Waals surface area (Å²) < 4.78 is 41.5. The zero-order valence-corrected chi connectivity index (χ0v) is 11.6. The molecule has 1 aromatic carbocycles. The zero-order chi connectivity index (χ0) is 14.0. The van der Waals surface area contributed by atoms with Crippen molar-refractivity contribution in [1.82, 2.24) is 5.32 Å². The molecule has 0 amide bonds. The molecule has 0 aliphatic heterocycles. The van der Waals surface area contributed by atoms with Crippen molar-refractivity contribution in [1.29, 1.82) is 0 Å². The van der Waals surface area contributed by atoms with Crippen LogP contribution >= 0.6 is 0 Å². The summed E-state index contributed by atoms with van der Waals surface area (Å²) in [6.45, 7) is 2.50. The van der Waals surface area contributed by atoms with E-state index in [1.807, 2.05) is 6.92 Å². The number of furan rings is 1. The van der Waals surface area contributed by atoms with E-state index in [0.717, 1.165) is 0 Å². The van der Waals surface area contributed by atoms with Gasteiger partial charge in [0, 0.05) is 11.6 Å². The van der Waals surface area contributed by atoms with Gasteiger partial charge >= 0.3 is 0 Å². The minimum Gasteiger partial charge on any atom is -0.459 e. The third-order valence-electron chi connectivity index (χ3n) is 2.76. The smallest absolute Gasteiger partial charge is 0.149 e. The van der Waals surface area contributed by atoms with E-state index >= 15 is 0 Å². The first kappa shape index (κ1) is 14.0. The maximum Gasteiger partial charge on any atom is 0.149 e. The van der Waals surface area contributed by atoms with E-state index in [-0.39, 0.29) is 11.6 Å². The van der Waals surface area contributed by atoms with E-state index in [2.05, 4.69) is 5.32 Å². The molecule has 1 atom stereocenters. The predicted octanol–water partition coefficient (Wildman–Crippen LogP) is 2.27. The second-order valence-electron chi connectivity index (χ2n) is 4.53. The second kappa shape index (κ2) is 5.30. The summed E-state index contributed by atoms with van der Waals surface area (Å²) in [6, 6.07) is 5.48. The van der Waals surface area contributed by atoms with Gasteiger partial charge in [0.05, 0.1) is 11.8 Å². The number of halogens is 1. The SMILES string of the molecule is CCNC(CS(C)(=O)=O)c1cc2cc(F)ccc2o1. The molecule has 0 aliphatic carbocycles. The second-order valence-corrected chi connectivity index (χ2v) is 6.72. The molecule has 2 rings (SSSR count). The van der Waals surface area contributed by atoms with E-state index in [9.17, 15) is 12.8 Å². The van der Waals surface area contributed by atoms with Gasteiger partial charge in [-0.15, -0.1) is 0 Å². The van der Waals surface area contributed by atoms with Crippen LogP contribution in [0.4, 0.5) is 4.39 Å². The van der Waals surface area contributed by atoms with Gasteiger partial charge < -0.3 is 9.73 Å². The van der Waals surface area contributed by atoms with E-state index in [0.29, 0.717) is 23.3 Å². The van der Waals surface area contributed by atoms with E-state index in [1.54, 1.807) is 6.07 Å². The van der Waals surface area contributed by atoms with Crippen molar-refractivity contribution in [2.45, 2.75) is 13.0 Å². The topological polar surface area (TPSA) is 59.3 Å². The molecule has 19 heavy (non-hydrogen) atoms. The Morgan fingerprint density at radius 3 is 2.74 bits per heavy atom. The average molecular weight is 285 g/mol.